The van der Waals surface area contributed by atoms with Crippen molar-refractivity contribution < 1.29 is 19.7 Å². The summed E-state index contributed by atoms with van der Waals surface area (Å²) in [5.41, 5.74) is 0.376. The smallest absolute Gasteiger partial charge is 0.255 e. The Morgan fingerprint density at radius 2 is 1.96 bits per heavy atom. The molecule has 1 aromatic carbocycles. The predicted molar refractivity (Wildman–Crippen MR) is 99.9 cm³/mol. The molecule has 142 valence electrons. The Morgan fingerprint density at radius 1 is 1.19 bits per heavy atom. The first kappa shape index (κ1) is 18.1. The van der Waals surface area contributed by atoms with Crippen molar-refractivity contribution in [3.63, 3.8) is 0 Å². The second-order valence-electron chi connectivity index (χ2n) is 7.31. The van der Waals surface area contributed by atoms with Gasteiger partial charge in [0.25, 0.3) is 5.91 Å². The van der Waals surface area contributed by atoms with E-state index in [1.165, 1.54) is 18.5 Å². The topological polar surface area (TPSA) is 82.9 Å². The van der Waals surface area contributed by atoms with Crippen LogP contribution in [0.4, 0.5) is 0 Å². The number of ether oxygens (including phenoxy) is 1. The largest absolute Gasteiger partial charge is 0.506 e. The normalized spacial score (nSPS) is 27.3. The fourth-order valence-electron chi connectivity index (χ4n) is 4.13. The van der Waals surface area contributed by atoms with E-state index in [1.54, 1.807) is 17.0 Å². The molecule has 4 atom stereocenters. The molecular weight excluding hydrogens is 368 g/mol. The van der Waals surface area contributed by atoms with E-state index in [1.807, 2.05) is 12.1 Å². The molecule has 2 N–H and O–H groups in total. The standard InChI is InChI=1S/C20H21ClN2O4/c21-15-2-1-3-17(7-15)27-19-6-14-11-23(10-13(14)5-18(19)25)20(26)12-4-16(24)9-22-8-12/h1-4,7-9,13-14,18-19,24-25H,5-6,10-11H2/t13-,14+,18+,19+/m0/s1. The SMILES string of the molecule is O=C(c1cncc(O)c1)N1C[C@H]2C[C@@H](Oc3cccc(Cl)c3)[C@H](O)C[C@H]2C1. The highest BCUT2D eigenvalue weighted by atomic mass is 35.5. The second kappa shape index (κ2) is 7.37. The van der Waals surface area contributed by atoms with Crippen molar-refractivity contribution in [3.8, 4) is 11.5 Å². The lowest BCUT2D eigenvalue weighted by molar-refractivity contribution is -0.0231. The summed E-state index contributed by atoms with van der Waals surface area (Å²) in [6, 6.07) is 8.58. The Bertz CT molecular complexity index is 846. The number of aliphatic hydroxyl groups is 1. The van der Waals surface area contributed by atoms with E-state index >= 15 is 0 Å². The zero-order chi connectivity index (χ0) is 19.0. The van der Waals surface area contributed by atoms with Crippen LogP contribution in [0.15, 0.2) is 42.7 Å². The first-order valence-corrected chi connectivity index (χ1v) is 9.41. The molecule has 4 rings (SSSR count). The number of aromatic hydroxyl groups is 1. The molecule has 1 aliphatic carbocycles. The third-order valence-corrected chi connectivity index (χ3v) is 5.66. The van der Waals surface area contributed by atoms with Crippen molar-refractivity contribution >= 4 is 17.5 Å². The summed E-state index contributed by atoms with van der Waals surface area (Å²) in [5.74, 6) is 0.986. The number of hydrogen-bond acceptors (Lipinski definition) is 5. The Kier molecular flexibility index (Phi) is 4.93. The summed E-state index contributed by atoms with van der Waals surface area (Å²) >= 11 is 6.00. The van der Waals surface area contributed by atoms with E-state index in [0.29, 0.717) is 42.3 Å². The summed E-state index contributed by atoms with van der Waals surface area (Å²) < 4.78 is 5.97. The number of fused-ring (bicyclic) bond motifs is 1. The van der Waals surface area contributed by atoms with Gasteiger partial charge in [0.2, 0.25) is 0 Å². The molecule has 0 bridgehead atoms. The van der Waals surface area contributed by atoms with Crippen LogP contribution in [0, 0.1) is 11.8 Å². The third kappa shape index (κ3) is 3.87. The first-order chi connectivity index (χ1) is 13.0. The Balaban J connectivity index is 1.43. The van der Waals surface area contributed by atoms with Crippen LogP contribution in [0.1, 0.15) is 23.2 Å². The molecule has 2 heterocycles. The highest BCUT2D eigenvalue weighted by Gasteiger charge is 2.44. The molecule has 1 amide bonds. The number of rotatable bonds is 3. The van der Waals surface area contributed by atoms with Crippen LogP contribution in [0.5, 0.6) is 11.5 Å². The number of carbonyl (C=O) groups excluding carboxylic acids is 1. The number of likely N-dealkylation sites (tertiary alicyclic amines) is 1. The van der Waals surface area contributed by atoms with Gasteiger partial charge in [-0.2, -0.15) is 0 Å². The number of halogens is 1. The molecule has 2 aromatic rings. The van der Waals surface area contributed by atoms with Gasteiger partial charge >= 0.3 is 0 Å². The van der Waals surface area contributed by atoms with Crippen LogP contribution >= 0.6 is 11.6 Å². The monoisotopic (exact) mass is 388 g/mol. The molecule has 2 aliphatic rings. The van der Waals surface area contributed by atoms with Crippen molar-refractivity contribution in [1.82, 2.24) is 9.88 Å². The van der Waals surface area contributed by atoms with Crippen molar-refractivity contribution in [3.05, 3.63) is 53.3 Å². The van der Waals surface area contributed by atoms with E-state index in [0.717, 1.165) is 0 Å². The van der Waals surface area contributed by atoms with Crippen molar-refractivity contribution in [2.24, 2.45) is 11.8 Å². The van der Waals surface area contributed by atoms with Crippen molar-refractivity contribution in [2.75, 3.05) is 13.1 Å². The molecule has 2 fully saturated rings. The average Bonchev–Trinajstić information content (AvgIpc) is 3.04. The third-order valence-electron chi connectivity index (χ3n) is 5.43. The lowest BCUT2D eigenvalue weighted by atomic mass is 9.78. The highest BCUT2D eigenvalue weighted by Crippen LogP contribution is 2.38. The molecule has 1 saturated heterocycles. The van der Waals surface area contributed by atoms with Crippen LogP contribution in [0.3, 0.4) is 0 Å². The molecule has 0 unspecified atom stereocenters. The number of nitrogens with zero attached hydrogens (tertiary/aromatic N) is 2. The fraction of sp³-hybridized carbons (Fsp3) is 0.400. The zero-order valence-electron chi connectivity index (χ0n) is 14.7. The van der Waals surface area contributed by atoms with Gasteiger partial charge in [-0.3, -0.25) is 9.78 Å². The number of aliphatic hydroxyl groups excluding tert-OH is 1. The van der Waals surface area contributed by atoms with Gasteiger partial charge in [-0.1, -0.05) is 17.7 Å². The number of benzene rings is 1. The lowest BCUT2D eigenvalue weighted by Crippen LogP contribution is -2.42. The molecule has 27 heavy (non-hydrogen) atoms. The average molecular weight is 389 g/mol. The second-order valence-corrected chi connectivity index (χ2v) is 7.75. The van der Waals surface area contributed by atoms with Gasteiger partial charge < -0.3 is 19.8 Å². The minimum absolute atomic E-state index is 0.0251. The van der Waals surface area contributed by atoms with Crippen molar-refractivity contribution in [2.45, 2.75) is 25.0 Å². The van der Waals surface area contributed by atoms with E-state index in [4.69, 9.17) is 16.3 Å². The minimum atomic E-state index is -0.581. The van der Waals surface area contributed by atoms with Crippen LogP contribution in [-0.4, -0.2) is 51.3 Å². The maximum atomic E-state index is 12.7. The van der Waals surface area contributed by atoms with Crippen molar-refractivity contribution in [1.29, 1.82) is 0 Å². The van der Waals surface area contributed by atoms with Crippen LogP contribution in [0.2, 0.25) is 5.02 Å². The summed E-state index contributed by atoms with van der Waals surface area (Å²) in [5, 5.41) is 20.7. The number of amides is 1. The summed E-state index contributed by atoms with van der Waals surface area (Å²) in [7, 11) is 0. The molecule has 6 nitrogen and oxygen atoms in total. The van der Waals surface area contributed by atoms with Gasteiger partial charge in [0.1, 0.15) is 17.6 Å². The van der Waals surface area contributed by atoms with E-state index < -0.39 is 6.10 Å². The Hall–Kier alpha value is -2.31. The number of carbonyl (C=O) groups is 1. The van der Waals surface area contributed by atoms with Gasteiger partial charge in [0.15, 0.2) is 0 Å². The molecule has 7 heteroatoms. The van der Waals surface area contributed by atoms with Crippen LogP contribution < -0.4 is 4.74 Å². The van der Waals surface area contributed by atoms with E-state index in [9.17, 15) is 15.0 Å². The summed E-state index contributed by atoms with van der Waals surface area (Å²) in [6.45, 7) is 1.21. The van der Waals surface area contributed by atoms with Gasteiger partial charge in [0, 0.05) is 24.3 Å². The zero-order valence-corrected chi connectivity index (χ0v) is 15.4. The summed E-state index contributed by atoms with van der Waals surface area (Å²) in [4.78, 5) is 18.4. The molecule has 0 spiro atoms. The molecule has 1 aliphatic heterocycles. The highest BCUT2D eigenvalue weighted by molar-refractivity contribution is 6.30. The maximum absolute atomic E-state index is 12.7. The maximum Gasteiger partial charge on any atom is 0.255 e. The van der Waals surface area contributed by atoms with Gasteiger partial charge in [0.05, 0.1) is 17.9 Å². The van der Waals surface area contributed by atoms with E-state index in [2.05, 4.69) is 4.98 Å². The minimum Gasteiger partial charge on any atom is -0.506 e. The Labute approximate surface area is 162 Å². The van der Waals surface area contributed by atoms with Gasteiger partial charge in [-0.15, -0.1) is 0 Å². The fourth-order valence-corrected chi connectivity index (χ4v) is 4.31. The first-order valence-electron chi connectivity index (χ1n) is 9.03. The van der Waals surface area contributed by atoms with Crippen LogP contribution in [0.25, 0.3) is 0 Å². The molecule has 1 aromatic heterocycles. The molecule has 0 radical (unpaired) electrons. The molecular formula is C20H21ClN2O4. The van der Waals surface area contributed by atoms with Gasteiger partial charge in [-0.05, 0) is 48.9 Å². The number of pyridine rings is 1. The van der Waals surface area contributed by atoms with Gasteiger partial charge in [-0.25, -0.2) is 0 Å². The summed E-state index contributed by atoms with van der Waals surface area (Å²) in [6.07, 6.45) is 3.14. The number of aromatic nitrogens is 1. The predicted octanol–water partition coefficient (Wildman–Crippen LogP) is 2.73. The lowest BCUT2D eigenvalue weighted by Gasteiger charge is -2.35. The van der Waals surface area contributed by atoms with E-state index in [-0.39, 0.29) is 29.6 Å². The quantitative estimate of drug-likeness (QED) is 0.844. The molecule has 1 saturated carbocycles. The van der Waals surface area contributed by atoms with Crippen LogP contribution in [-0.2, 0) is 0 Å². The Morgan fingerprint density at radius 3 is 2.70 bits per heavy atom. The number of hydrogen-bond donors (Lipinski definition) is 2.